The standard InChI is InChI=1S/C18H17BrN3O3S/c19-14-5-7-15(8-6-14)20-12-18(23,21-9-2-10-26-17(20)21)13-3-1-4-16(11-13)22(24)25/h1,3-8,11,23H,2,9-10,12H2/q+1/t18-/m0/s1. The molecule has 2 heterocycles. The molecule has 0 bridgehead atoms. The van der Waals surface area contributed by atoms with E-state index in [1.807, 2.05) is 28.8 Å². The maximum atomic E-state index is 11.6. The molecule has 8 heteroatoms. The molecule has 2 aromatic carbocycles. The second-order valence-electron chi connectivity index (χ2n) is 6.32. The molecule has 0 unspecified atom stereocenters. The number of halogens is 1. The summed E-state index contributed by atoms with van der Waals surface area (Å²) in [6.45, 7) is 1.05. The predicted molar refractivity (Wildman–Crippen MR) is 106 cm³/mol. The average Bonchev–Trinajstić information content (AvgIpc) is 2.97. The second kappa shape index (κ2) is 6.68. The van der Waals surface area contributed by atoms with E-state index in [9.17, 15) is 15.2 Å². The number of nitro groups is 1. The fourth-order valence-electron chi connectivity index (χ4n) is 3.44. The van der Waals surface area contributed by atoms with Crippen molar-refractivity contribution in [2.24, 2.45) is 0 Å². The van der Waals surface area contributed by atoms with Gasteiger partial charge in [0.2, 0.25) is 0 Å². The third-order valence-electron chi connectivity index (χ3n) is 4.70. The van der Waals surface area contributed by atoms with E-state index in [1.165, 1.54) is 12.1 Å². The first-order valence-corrected chi connectivity index (χ1v) is 10.0. The van der Waals surface area contributed by atoms with E-state index in [-0.39, 0.29) is 5.69 Å². The van der Waals surface area contributed by atoms with Crippen LogP contribution in [0.25, 0.3) is 0 Å². The van der Waals surface area contributed by atoms with Crippen LogP contribution in [0.1, 0.15) is 12.0 Å². The van der Waals surface area contributed by atoms with Crippen molar-refractivity contribution >= 4 is 44.2 Å². The summed E-state index contributed by atoms with van der Waals surface area (Å²) in [7, 11) is 0. The first-order valence-electron chi connectivity index (χ1n) is 8.27. The molecule has 6 nitrogen and oxygen atoms in total. The van der Waals surface area contributed by atoms with Gasteiger partial charge >= 0.3 is 5.17 Å². The Hall–Kier alpha value is -1.90. The smallest absolute Gasteiger partial charge is 0.316 e. The SMILES string of the molecule is O=[N+]([O-])c1cccc([C@@]2(O)CN(c3ccc(Br)cc3)C3=[N+]2CCCS3)c1. The van der Waals surface area contributed by atoms with Crippen LogP contribution in [0.5, 0.6) is 0 Å². The Balaban J connectivity index is 1.80. The van der Waals surface area contributed by atoms with Gasteiger partial charge in [-0.25, -0.2) is 9.48 Å². The van der Waals surface area contributed by atoms with Gasteiger partial charge in [-0.15, -0.1) is 0 Å². The van der Waals surface area contributed by atoms with E-state index < -0.39 is 10.6 Å². The number of rotatable bonds is 3. The van der Waals surface area contributed by atoms with Crippen LogP contribution in [0, 0.1) is 10.1 Å². The molecule has 2 aromatic rings. The highest BCUT2D eigenvalue weighted by atomic mass is 79.9. The zero-order valence-corrected chi connectivity index (χ0v) is 16.2. The lowest BCUT2D eigenvalue weighted by molar-refractivity contribution is -0.656. The highest BCUT2D eigenvalue weighted by Crippen LogP contribution is 2.38. The molecule has 1 N–H and O–H groups in total. The van der Waals surface area contributed by atoms with Gasteiger partial charge in [0, 0.05) is 27.9 Å². The van der Waals surface area contributed by atoms with Gasteiger partial charge in [-0.1, -0.05) is 28.1 Å². The zero-order valence-electron chi connectivity index (χ0n) is 13.8. The normalized spacial score (nSPS) is 22.5. The number of amidine groups is 1. The molecule has 0 saturated carbocycles. The van der Waals surface area contributed by atoms with Gasteiger partial charge in [0.1, 0.15) is 5.69 Å². The quantitative estimate of drug-likeness (QED) is 0.454. The molecule has 0 aromatic heterocycles. The number of nitro benzene ring substituents is 1. The molecule has 0 radical (unpaired) electrons. The number of aliphatic hydroxyl groups is 1. The van der Waals surface area contributed by atoms with Crippen LogP contribution >= 0.6 is 27.7 Å². The van der Waals surface area contributed by atoms with E-state index >= 15 is 0 Å². The molecule has 0 aliphatic carbocycles. The van der Waals surface area contributed by atoms with Crippen molar-refractivity contribution in [2.45, 2.75) is 12.1 Å². The zero-order chi connectivity index (χ0) is 18.3. The second-order valence-corrected chi connectivity index (χ2v) is 8.30. The fraction of sp³-hybridized carbons (Fsp3) is 0.278. The molecule has 2 aliphatic rings. The van der Waals surface area contributed by atoms with Gasteiger partial charge < -0.3 is 5.11 Å². The minimum Gasteiger partial charge on any atom is -0.346 e. The van der Waals surface area contributed by atoms with Crippen molar-refractivity contribution in [2.75, 3.05) is 23.7 Å². The number of nitrogens with zero attached hydrogens (tertiary/aromatic N) is 3. The Morgan fingerprint density at radius 1 is 1.27 bits per heavy atom. The Bertz CT molecular complexity index is 903. The molecule has 0 saturated heterocycles. The van der Waals surface area contributed by atoms with E-state index in [4.69, 9.17) is 0 Å². The van der Waals surface area contributed by atoms with Crippen LogP contribution in [0.2, 0.25) is 0 Å². The van der Waals surface area contributed by atoms with E-state index in [0.717, 1.165) is 27.5 Å². The summed E-state index contributed by atoms with van der Waals surface area (Å²) < 4.78 is 2.97. The lowest BCUT2D eigenvalue weighted by Gasteiger charge is -2.24. The molecule has 1 atom stereocenters. The van der Waals surface area contributed by atoms with Gasteiger partial charge in [0.05, 0.1) is 11.5 Å². The number of β-amino-alcohol motifs (C(OH)–C–C–N with tert-alkyl or cyclic N) is 1. The minimum atomic E-state index is -1.29. The van der Waals surface area contributed by atoms with Crippen LogP contribution in [0.15, 0.2) is 53.0 Å². The van der Waals surface area contributed by atoms with Gasteiger partial charge in [0.25, 0.3) is 11.4 Å². The first-order chi connectivity index (χ1) is 12.5. The van der Waals surface area contributed by atoms with Crippen molar-refractivity contribution in [3.8, 4) is 0 Å². The Kier molecular flexibility index (Phi) is 4.50. The van der Waals surface area contributed by atoms with Gasteiger partial charge in [-0.3, -0.25) is 10.1 Å². The third kappa shape index (κ3) is 2.91. The third-order valence-corrected chi connectivity index (χ3v) is 6.42. The van der Waals surface area contributed by atoms with Crippen LogP contribution in [0.3, 0.4) is 0 Å². The highest BCUT2D eigenvalue weighted by molar-refractivity contribution is 9.10. The predicted octanol–water partition coefficient (Wildman–Crippen LogP) is 3.53. The van der Waals surface area contributed by atoms with E-state index in [2.05, 4.69) is 20.8 Å². The molecular formula is C18H17BrN3O3S+. The van der Waals surface area contributed by atoms with E-state index in [0.29, 0.717) is 18.7 Å². The van der Waals surface area contributed by atoms with Gasteiger partial charge in [0.15, 0.2) is 6.54 Å². The first kappa shape index (κ1) is 17.5. The monoisotopic (exact) mass is 434 g/mol. The van der Waals surface area contributed by atoms with Crippen LogP contribution in [0.4, 0.5) is 11.4 Å². The van der Waals surface area contributed by atoms with Gasteiger partial charge in [-0.05, 0) is 42.4 Å². The Morgan fingerprint density at radius 2 is 2.04 bits per heavy atom. The largest absolute Gasteiger partial charge is 0.346 e. The number of benzene rings is 2. The highest BCUT2D eigenvalue weighted by Gasteiger charge is 2.53. The number of thioether (sulfide) groups is 1. The molecule has 4 rings (SSSR count). The molecule has 0 spiro atoms. The fourth-order valence-corrected chi connectivity index (χ4v) is 4.88. The van der Waals surface area contributed by atoms with Crippen molar-refractivity contribution < 1.29 is 14.6 Å². The summed E-state index contributed by atoms with van der Waals surface area (Å²) in [6.07, 6.45) is 0.958. The minimum absolute atomic E-state index is 0.00997. The summed E-state index contributed by atoms with van der Waals surface area (Å²) >= 11 is 5.16. The molecule has 26 heavy (non-hydrogen) atoms. The number of non-ortho nitro benzene ring substituents is 1. The van der Waals surface area contributed by atoms with Crippen LogP contribution in [-0.4, -0.2) is 38.6 Å². The average molecular weight is 435 g/mol. The van der Waals surface area contributed by atoms with Crippen LogP contribution in [-0.2, 0) is 5.72 Å². The summed E-state index contributed by atoms with van der Waals surface area (Å²) in [5.41, 5.74) is 0.237. The molecule has 2 aliphatic heterocycles. The summed E-state index contributed by atoms with van der Waals surface area (Å²) in [5.74, 6) is 0.990. The van der Waals surface area contributed by atoms with Crippen molar-refractivity contribution in [3.63, 3.8) is 0 Å². The maximum Gasteiger partial charge on any atom is 0.316 e. The van der Waals surface area contributed by atoms with Crippen molar-refractivity contribution in [3.05, 3.63) is 68.7 Å². The topological polar surface area (TPSA) is 69.6 Å². The van der Waals surface area contributed by atoms with Crippen LogP contribution < -0.4 is 4.90 Å². The number of hydrogen-bond acceptors (Lipinski definition) is 5. The molecule has 134 valence electrons. The summed E-state index contributed by atoms with van der Waals surface area (Å²) in [4.78, 5) is 12.8. The Labute approximate surface area is 163 Å². The molecule has 0 amide bonds. The summed E-state index contributed by atoms with van der Waals surface area (Å²) in [6, 6.07) is 14.3. The lowest BCUT2D eigenvalue weighted by Crippen LogP contribution is -2.41. The van der Waals surface area contributed by atoms with Crippen molar-refractivity contribution in [1.29, 1.82) is 0 Å². The van der Waals surface area contributed by atoms with Gasteiger partial charge in [-0.2, -0.15) is 0 Å². The molecule has 0 fully saturated rings. The van der Waals surface area contributed by atoms with Crippen molar-refractivity contribution in [1.82, 2.24) is 0 Å². The molecular weight excluding hydrogens is 418 g/mol. The lowest BCUT2D eigenvalue weighted by atomic mass is 10.0. The maximum absolute atomic E-state index is 11.6. The number of hydrogen-bond donors (Lipinski definition) is 1. The summed E-state index contributed by atoms with van der Waals surface area (Å²) in [5, 5.41) is 23.7. The number of anilines is 1. The Morgan fingerprint density at radius 3 is 2.77 bits per heavy atom. The van der Waals surface area contributed by atoms with E-state index in [1.54, 1.807) is 23.9 Å².